The Bertz CT molecular complexity index is 1120. The second-order valence-corrected chi connectivity index (χ2v) is 9.96. The van der Waals surface area contributed by atoms with E-state index in [9.17, 15) is 4.79 Å². The summed E-state index contributed by atoms with van der Waals surface area (Å²) < 4.78 is 11.2. The van der Waals surface area contributed by atoms with Crippen LogP contribution in [0.2, 0.25) is 0 Å². The van der Waals surface area contributed by atoms with Crippen molar-refractivity contribution in [3.05, 3.63) is 53.1 Å². The maximum atomic E-state index is 12.7. The van der Waals surface area contributed by atoms with Crippen LogP contribution >= 0.6 is 0 Å². The van der Waals surface area contributed by atoms with Gasteiger partial charge in [-0.2, -0.15) is 5.10 Å². The average Bonchev–Trinajstić information content (AvgIpc) is 3.37. The van der Waals surface area contributed by atoms with Crippen LogP contribution in [-0.2, 0) is 6.42 Å². The SMILES string of the molecule is CNC(=O)N1N=C(c2ccc(N3C[C@H]4CN(C)C[C@H]4C3)cc2)c2cc(OC)c(OC)cc2CC1C. The van der Waals surface area contributed by atoms with Crippen molar-refractivity contribution in [1.29, 1.82) is 0 Å². The molecule has 35 heavy (non-hydrogen) atoms. The van der Waals surface area contributed by atoms with Gasteiger partial charge in [-0.25, -0.2) is 9.80 Å². The number of hydrazone groups is 1. The van der Waals surface area contributed by atoms with Crippen molar-refractivity contribution < 1.29 is 14.3 Å². The minimum atomic E-state index is -0.230. The molecule has 2 amide bonds. The van der Waals surface area contributed by atoms with E-state index in [1.165, 1.54) is 18.8 Å². The van der Waals surface area contributed by atoms with Crippen LogP contribution in [-0.4, -0.2) is 82.2 Å². The zero-order valence-corrected chi connectivity index (χ0v) is 21.2. The van der Waals surface area contributed by atoms with Gasteiger partial charge in [-0.3, -0.25) is 0 Å². The van der Waals surface area contributed by atoms with E-state index in [4.69, 9.17) is 14.6 Å². The number of nitrogens with one attached hydrogen (secondary N) is 1. The summed E-state index contributed by atoms with van der Waals surface area (Å²) in [4.78, 5) is 17.6. The molecule has 3 aliphatic heterocycles. The highest BCUT2D eigenvalue weighted by Gasteiger charge is 2.38. The van der Waals surface area contributed by atoms with Crippen LogP contribution in [0.15, 0.2) is 41.5 Å². The molecule has 0 aromatic heterocycles. The number of benzene rings is 2. The van der Waals surface area contributed by atoms with E-state index in [0.29, 0.717) is 17.9 Å². The van der Waals surface area contributed by atoms with Crippen molar-refractivity contribution in [3.8, 4) is 11.5 Å². The van der Waals surface area contributed by atoms with Crippen molar-refractivity contribution >= 4 is 17.4 Å². The van der Waals surface area contributed by atoms with Gasteiger partial charge in [0.2, 0.25) is 0 Å². The molecular formula is C27H35N5O3. The van der Waals surface area contributed by atoms with Crippen molar-refractivity contribution in [2.45, 2.75) is 19.4 Å². The monoisotopic (exact) mass is 477 g/mol. The number of carbonyl (C=O) groups is 1. The van der Waals surface area contributed by atoms with Gasteiger partial charge in [-0.05, 0) is 62.1 Å². The molecule has 1 N–H and O–H groups in total. The maximum absolute atomic E-state index is 12.7. The topological polar surface area (TPSA) is 69.6 Å². The number of ether oxygens (including phenoxy) is 2. The minimum absolute atomic E-state index is 0.120. The molecule has 2 aromatic rings. The second kappa shape index (κ2) is 9.41. The first kappa shape index (κ1) is 23.5. The van der Waals surface area contributed by atoms with Crippen LogP contribution in [0.3, 0.4) is 0 Å². The predicted octanol–water partition coefficient (Wildman–Crippen LogP) is 3.04. The molecule has 0 radical (unpaired) electrons. The van der Waals surface area contributed by atoms with Gasteiger partial charge in [0.05, 0.1) is 26.0 Å². The highest BCUT2D eigenvalue weighted by Crippen LogP contribution is 2.36. The van der Waals surface area contributed by atoms with Gasteiger partial charge < -0.3 is 24.6 Å². The zero-order chi connectivity index (χ0) is 24.7. The first-order valence-corrected chi connectivity index (χ1v) is 12.3. The number of urea groups is 1. The Labute approximate surface area is 207 Å². The fraction of sp³-hybridized carbons (Fsp3) is 0.481. The number of fused-ring (bicyclic) bond motifs is 2. The van der Waals surface area contributed by atoms with E-state index >= 15 is 0 Å². The Balaban J connectivity index is 1.51. The molecular weight excluding hydrogens is 442 g/mol. The first-order valence-electron chi connectivity index (χ1n) is 12.3. The second-order valence-electron chi connectivity index (χ2n) is 9.96. The van der Waals surface area contributed by atoms with Gasteiger partial charge in [0.1, 0.15) is 0 Å². The quantitative estimate of drug-likeness (QED) is 0.733. The number of hydrogen-bond acceptors (Lipinski definition) is 6. The highest BCUT2D eigenvalue weighted by atomic mass is 16.5. The predicted molar refractivity (Wildman–Crippen MR) is 138 cm³/mol. The number of methoxy groups -OCH3 is 2. The van der Waals surface area contributed by atoms with E-state index in [1.54, 1.807) is 26.3 Å². The van der Waals surface area contributed by atoms with Crippen LogP contribution in [0.1, 0.15) is 23.6 Å². The summed E-state index contributed by atoms with van der Waals surface area (Å²) in [6, 6.07) is 12.2. The molecule has 2 saturated heterocycles. The van der Waals surface area contributed by atoms with Gasteiger partial charge in [0.25, 0.3) is 0 Å². The number of hydrogen-bond donors (Lipinski definition) is 1. The average molecular weight is 478 g/mol. The fourth-order valence-electron chi connectivity index (χ4n) is 5.82. The molecule has 3 aliphatic rings. The first-order chi connectivity index (χ1) is 16.9. The lowest BCUT2D eigenvalue weighted by atomic mass is 9.94. The molecule has 3 heterocycles. The Morgan fingerprint density at radius 2 is 1.63 bits per heavy atom. The van der Waals surface area contributed by atoms with E-state index in [-0.39, 0.29) is 12.1 Å². The smallest absolute Gasteiger partial charge is 0.337 e. The van der Waals surface area contributed by atoms with E-state index in [1.807, 2.05) is 19.1 Å². The molecule has 2 fully saturated rings. The molecule has 186 valence electrons. The summed E-state index contributed by atoms with van der Waals surface area (Å²) in [5, 5.41) is 9.14. The molecule has 1 unspecified atom stereocenters. The molecule has 0 bridgehead atoms. The minimum Gasteiger partial charge on any atom is -0.493 e. The third kappa shape index (κ3) is 4.31. The Morgan fingerprint density at radius 1 is 1.00 bits per heavy atom. The maximum Gasteiger partial charge on any atom is 0.337 e. The van der Waals surface area contributed by atoms with Crippen LogP contribution in [0.25, 0.3) is 0 Å². The number of anilines is 1. The number of amides is 2. The van der Waals surface area contributed by atoms with Gasteiger partial charge in [-0.15, -0.1) is 0 Å². The molecule has 3 atom stereocenters. The number of rotatable bonds is 4. The van der Waals surface area contributed by atoms with Gasteiger partial charge in [-0.1, -0.05) is 12.1 Å². The van der Waals surface area contributed by atoms with Crippen molar-refractivity contribution in [1.82, 2.24) is 15.2 Å². The van der Waals surface area contributed by atoms with Gasteiger partial charge >= 0.3 is 6.03 Å². The highest BCUT2D eigenvalue weighted by molar-refractivity contribution is 6.14. The summed E-state index contributed by atoms with van der Waals surface area (Å²) in [5.74, 6) is 2.82. The zero-order valence-electron chi connectivity index (χ0n) is 21.2. The number of likely N-dealkylation sites (tertiary alicyclic amines) is 1. The molecule has 8 heteroatoms. The van der Waals surface area contributed by atoms with Crippen molar-refractivity contribution in [3.63, 3.8) is 0 Å². The van der Waals surface area contributed by atoms with E-state index in [2.05, 4.69) is 46.4 Å². The normalized spacial score (nSPS) is 23.9. The summed E-state index contributed by atoms with van der Waals surface area (Å²) in [6.45, 7) is 6.60. The van der Waals surface area contributed by atoms with Crippen molar-refractivity contribution in [2.75, 3.05) is 59.4 Å². The fourth-order valence-corrected chi connectivity index (χ4v) is 5.82. The molecule has 0 saturated carbocycles. The Morgan fingerprint density at radius 3 is 2.23 bits per heavy atom. The number of carbonyl (C=O) groups excluding carboxylic acids is 1. The Hall–Kier alpha value is -3.26. The summed E-state index contributed by atoms with van der Waals surface area (Å²) >= 11 is 0. The third-order valence-electron chi connectivity index (χ3n) is 7.60. The summed E-state index contributed by atoms with van der Waals surface area (Å²) in [5.41, 5.74) is 4.97. The molecule has 2 aromatic carbocycles. The lowest BCUT2D eigenvalue weighted by molar-refractivity contribution is 0.184. The van der Waals surface area contributed by atoms with Gasteiger partial charge in [0, 0.05) is 50.0 Å². The lowest BCUT2D eigenvalue weighted by Crippen LogP contribution is -2.41. The largest absolute Gasteiger partial charge is 0.493 e. The van der Waals surface area contributed by atoms with Crippen molar-refractivity contribution in [2.24, 2.45) is 16.9 Å². The molecule has 0 aliphatic carbocycles. The van der Waals surface area contributed by atoms with Crippen LogP contribution in [0, 0.1) is 11.8 Å². The van der Waals surface area contributed by atoms with Crippen LogP contribution in [0.4, 0.5) is 10.5 Å². The van der Waals surface area contributed by atoms with Gasteiger partial charge in [0.15, 0.2) is 11.5 Å². The summed E-state index contributed by atoms with van der Waals surface area (Å²) in [6.07, 6.45) is 0.652. The standard InChI is InChI=1S/C27H35N5O3/c1-17-10-19-11-24(34-4)25(35-5)12-23(19)26(29-32(17)27(33)28-2)18-6-8-22(9-7-18)31-15-20-13-30(3)14-21(20)16-31/h6-9,11-12,17,20-21H,10,13-16H2,1-5H3,(H,28,33)/t17?,20-,21+. The molecule has 5 rings (SSSR count). The van der Waals surface area contributed by atoms with Crippen LogP contribution in [0.5, 0.6) is 11.5 Å². The summed E-state index contributed by atoms with van der Waals surface area (Å²) in [7, 11) is 7.12. The number of nitrogens with zero attached hydrogens (tertiary/aromatic N) is 4. The lowest BCUT2D eigenvalue weighted by Gasteiger charge is -2.23. The van der Waals surface area contributed by atoms with E-state index in [0.717, 1.165) is 47.3 Å². The Kier molecular flexibility index (Phi) is 6.32. The third-order valence-corrected chi connectivity index (χ3v) is 7.60. The van der Waals surface area contributed by atoms with E-state index < -0.39 is 0 Å². The molecule has 8 nitrogen and oxygen atoms in total. The molecule has 0 spiro atoms. The van der Waals surface area contributed by atoms with Crippen LogP contribution < -0.4 is 19.7 Å².